The van der Waals surface area contributed by atoms with E-state index in [9.17, 15) is 19.5 Å². The summed E-state index contributed by atoms with van der Waals surface area (Å²) < 4.78 is 4.77. The molecule has 2 aromatic carbocycles. The molecule has 7 atom stereocenters. The van der Waals surface area contributed by atoms with E-state index < -0.39 is 28.7 Å². The van der Waals surface area contributed by atoms with Crippen molar-refractivity contribution in [1.82, 2.24) is 9.80 Å². The summed E-state index contributed by atoms with van der Waals surface area (Å²) in [7, 11) is 0. The molecule has 2 bridgehead atoms. The maximum absolute atomic E-state index is 14.9. The molecule has 246 valence electrons. The van der Waals surface area contributed by atoms with Crippen molar-refractivity contribution in [3.05, 3.63) is 85.5 Å². The van der Waals surface area contributed by atoms with Gasteiger partial charge >= 0.3 is 0 Å². The Labute approximate surface area is 285 Å². The Morgan fingerprint density at radius 1 is 1.11 bits per heavy atom. The number of amides is 3. The first-order valence-electron chi connectivity index (χ1n) is 16.1. The number of likely N-dealkylation sites (tertiary alicyclic amines) is 1. The summed E-state index contributed by atoms with van der Waals surface area (Å²) in [4.78, 5) is 49.4. The number of aliphatic hydroxyl groups is 1. The summed E-state index contributed by atoms with van der Waals surface area (Å²) in [5.74, 6) is -1.29. The molecule has 3 fully saturated rings. The summed E-state index contributed by atoms with van der Waals surface area (Å²) in [6.07, 6.45) is 5.68. The topological polar surface area (TPSA) is 90.4 Å². The van der Waals surface area contributed by atoms with Gasteiger partial charge in [0.25, 0.3) is 0 Å². The van der Waals surface area contributed by atoms with Crippen LogP contribution < -0.4 is 9.64 Å². The smallest absolute Gasteiger partial charge is 0.247 e. The van der Waals surface area contributed by atoms with Crippen LogP contribution in [0.3, 0.4) is 0 Å². The van der Waals surface area contributed by atoms with Gasteiger partial charge in [-0.25, -0.2) is 0 Å². The Morgan fingerprint density at radius 2 is 1.80 bits per heavy atom. The lowest BCUT2D eigenvalue weighted by Gasteiger charge is -2.40. The zero-order valence-corrected chi connectivity index (χ0v) is 29.0. The molecular formula is C36H44BrN3O5S. The van der Waals surface area contributed by atoms with E-state index >= 15 is 0 Å². The highest BCUT2D eigenvalue weighted by Crippen LogP contribution is 2.69. The van der Waals surface area contributed by atoms with Gasteiger partial charge in [0.05, 0.1) is 35.8 Å². The molecule has 3 aliphatic heterocycles. The first kappa shape index (κ1) is 34.3. The van der Waals surface area contributed by atoms with E-state index in [1.807, 2.05) is 61.5 Å². The Kier molecular flexibility index (Phi) is 11.0. The van der Waals surface area contributed by atoms with Crippen LogP contribution in [-0.4, -0.2) is 86.3 Å². The first-order chi connectivity index (χ1) is 22.3. The average molecular weight is 711 g/mol. The summed E-state index contributed by atoms with van der Waals surface area (Å²) in [6, 6.07) is 15.1. The lowest BCUT2D eigenvalue weighted by molar-refractivity contribution is -0.145. The fourth-order valence-electron chi connectivity index (χ4n) is 7.48. The van der Waals surface area contributed by atoms with Crippen molar-refractivity contribution in [1.29, 1.82) is 0 Å². The van der Waals surface area contributed by atoms with Gasteiger partial charge in [-0.05, 0) is 49.6 Å². The Bertz CT molecular complexity index is 1420. The summed E-state index contributed by atoms with van der Waals surface area (Å²) in [5, 5.41) is 10.6. The second-order valence-electron chi connectivity index (χ2n) is 12.1. The lowest BCUT2D eigenvalue weighted by atomic mass is 9.70. The van der Waals surface area contributed by atoms with Crippen LogP contribution in [0.25, 0.3) is 0 Å². The Balaban J connectivity index is 1.60. The van der Waals surface area contributed by atoms with Crippen molar-refractivity contribution in [2.24, 2.45) is 11.8 Å². The van der Waals surface area contributed by atoms with E-state index in [1.54, 1.807) is 38.6 Å². The molecule has 1 spiro atoms. The normalized spacial score (nSPS) is 26.8. The average Bonchev–Trinajstić information content (AvgIpc) is 3.66. The molecule has 8 nitrogen and oxygen atoms in total. The molecule has 3 aliphatic rings. The lowest BCUT2D eigenvalue weighted by Crippen LogP contribution is -2.56. The fraction of sp³-hybridized carbons (Fsp3) is 0.472. The molecule has 3 unspecified atom stereocenters. The van der Waals surface area contributed by atoms with Crippen molar-refractivity contribution in [3.63, 3.8) is 0 Å². The third-order valence-corrected chi connectivity index (χ3v) is 12.6. The van der Waals surface area contributed by atoms with Crippen molar-refractivity contribution in [2.75, 3.05) is 37.7 Å². The van der Waals surface area contributed by atoms with Gasteiger partial charge in [0.1, 0.15) is 11.8 Å². The molecule has 0 radical (unpaired) electrons. The highest BCUT2D eigenvalue weighted by atomic mass is 79.9. The quantitative estimate of drug-likeness (QED) is 0.191. The minimum Gasteiger partial charge on any atom is -0.494 e. The number of aliphatic hydroxyl groups excluding tert-OH is 1. The third kappa shape index (κ3) is 6.04. The van der Waals surface area contributed by atoms with Gasteiger partial charge in [0, 0.05) is 35.4 Å². The van der Waals surface area contributed by atoms with E-state index in [4.69, 9.17) is 4.74 Å². The first-order valence-corrected chi connectivity index (χ1v) is 17.9. The summed E-state index contributed by atoms with van der Waals surface area (Å²) >= 11 is 5.49. The van der Waals surface area contributed by atoms with E-state index in [1.165, 1.54) is 0 Å². The van der Waals surface area contributed by atoms with Crippen LogP contribution in [0.4, 0.5) is 5.69 Å². The number of ether oxygens (including phenoxy) is 1. The van der Waals surface area contributed by atoms with Gasteiger partial charge in [-0.3, -0.25) is 14.4 Å². The largest absolute Gasteiger partial charge is 0.494 e. The molecule has 3 amide bonds. The van der Waals surface area contributed by atoms with Crippen LogP contribution in [-0.2, 0) is 14.4 Å². The number of nitrogens with zero attached hydrogens (tertiary/aromatic N) is 3. The second kappa shape index (κ2) is 14.8. The molecule has 10 heteroatoms. The number of halogens is 1. The molecule has 3 saturated heterocycles. The molecular weight excluding hydrogens is 666 g/mol. The summed E-state index contributed by atoms with van der Waals surface area (Å²) in [5.41, 5.74) is 1.43. The van der Waals surface area contributed by atoms with Crippen LogP contribution in [0.15, 0.2) is 79.9 Å². The number of hydrogen-bond acceptors (Lipinski definition) is 6. The predicted molar refractivity (Wildman–Crippen MR) is 187 cm³/mol. The minimum atomic E-state index is -0.856. The van der Waals surface area contributed by atoms with Gasteiger partial charge in [0.15, 0.2) is 0 Å². The van der Waals surface area contributed by atoms with Crippen LogP contribution in [0.1, 0.15) is 44.7 Å². The number of carbonyl (C=O) groups excluding carboxylic acids is 3. The van der Waals surface area contributed by atoms with Crippen LogP contribution in [0, 0.1) is 11.8 Å². The molecule has 5 rings (SSSR count). The zero-order valence-electron chi connectivity index (χ0n) is 26.6. The van der Waals surface area contributed by atoms with Crippen LogP contribution in [0.2, 0.25) is 0 Å². The third-order valence-electron chi connectivity index (χ3n) is 9.42. The van der Waals surface area contributed by atoms with E-state index in [2.05, 4.69) is 36.0 Å². The van der Waals surface area contributed by atoms with Gasteiger partial charge in [-0.15, -0.1) is 24.9 Å². The van der Waals surface area contributed by atoms with Gasteiger partial charge < -0.3 is 24.5 Å². The number of carbonyl (C=O) groups is 3. The van der Waals surface area contributed by atoms with Crippen molar-refractivity contribution >= 4 is 51.1 Å². The maximum Gasteiger partial charge on any atom is 0.247 e. The number of unbranched alkanes of at least 4 members (excludes halogenated alkanes) is 1. The molecule has 2 aromatic rings. The number of fused-ring (bicyclic) bond motifs is 1. The number of rotatable bonds is 15. The Hall–Kier alpha value is -3.08. The van der Waals surface area contributed by atoms with Gasteiger partial charge in [-0.2, -0.15) is 0 Å². The van der Waals surface area contributed by atoms with Crippen molar-refractivity contribution in [3.8, 4) is 5.75 Å². The summed E-state index contributed by atoms with van der Waals surface area (Å²) in [6.45, 7) is 13.1. The number of thioether (sulfide) groups is 1. The molecule has 0 aliphatic carbocycles. The van der Waals surface area contributed by atoms with Crippen LogP contribution >= 0.6 is 27.7 Å². The number of benzene rings is 2. The number of alkyl halides is 1. The van der Waals surface area contributed by atoms with E-state index in [-0.39, 0.29) is 41.0 Å². The highest BCUT2D eigenvalue weighted by Gasteiger charge is 2.76. The van der Waals surface area contributed by atoms with Crippen molar-refractivity contribution < 1.29 is 24.2 Å². The SMILES string of the molecule is C=CCN(CCCC)C(=O)C1N([C@H](CO)c2ccccc2)C(=O)[C@@H]2[C@H](C(=O)N(CC=C)c3ccc(OCC)cc3)[C@H]3SC12CC3Br. The molecule has 1 N–H and O–H groups in total. The van der Waals surface area contributed by atoms with Crippen molar-refractivity contribution in [2.45, 2.75) is 60.0 Å². The Morgan fingerprint density at radius 3 is 2.41 bits per heavy atom. The molecule has 46 heavy (non-hydrogen) atoms. The second-order valence-corrected chi connectivity index (χ2v) is 14.8. The molecule has 3 heterocycles. The highest BCUT2D eigenvalue weighted by molar-refractivity contribution is 9.09. The van der Waals surface area contributed by atoms with E-state index in [0.717, 1.165) is 18.4 Å². The molecule has 0 aromatic heterocycles. The monoisotopic (exact) mass is 709 g/mol. The van der Waals surface area contributed by atoms with Crippen LogP contribution in [0.5, 0.6) is 5.75 Å². The minimum absolute atomic E-state index is 0.0792. The number of hydrogen-bond donors (Lipinski definition) is 1. The zero-order chi connectivity index (χ0) is 33.0. The van der Waals surface area contributed by atoms with E-state index in [0.29, 0.717) is 37.6 Å². The van der Waals surface area contributed by atoms with Gasteiger partial charge in [0.2, 0.25) is 17.7 Å². The molecule has 0 saturated carbocycles. The number of anilines is 1. The standard InChI is InChI=1S/C36H44BrN3O5S/c1-5-9-21-38(19-6-2)35(44)32-36-22-27(37)31(46-36)29(30(36)34(43)40(32)28(23-41)24-13-11-10-12-14-24)33(42)39(20-7-3)25-15-17-26(18-16-25)45-8-4/h6-7,10-18,27-32,41H,2-3,5,8-9,19-23H2,1,4H3/t27?,28-,29+,30+,31+,32?,36?/m1/s1. The van der Waals surface area contributed by atoms with Gasteiger partial charge in [-0.1, -0.05) is 71.8 Å². The predicted octanol–water partition coefficient (Wildman–Crippen LogP) is 5.62. The fourth-order valence-corrected chi connectivity index (χ4v) is 11.1. The maximum atomic E-state index is 14.9.